The van der Waals surface area contributed by atoms with Crippen molar-refractivity contribution in [2.75, 3.05) is 0 Å². The molecule has 0 N–H and O–H groups in total. The van der Waals surface area contributed by atoms with E-state index in [0.29, 0.717) is 0 Å². The Morgan fingerprint density at radius 2 is 0.629 bits per heavy atom. The van der Waals surface area contributed by atoms with Crippen molar-refractivity contribution in [2.45, 2.75) is 0 Å². The molecule has 0 aliphatic heterocycles. The number of rotatable bonds is 5. The molecule has 0 saturated carbocycles. The number of nitrogens with zero attached hydrogens (tertiary/aromatic N) is 5. The first kappa shape index (κ1) is 68.0. The monoisotopic (exact) mass is 1610 g/mol. The maximum absolute atomic E-state index is 6.44. The van der Waals surface area contributed by atoms with Crippen molar-refractivity contribution < 1.29 is 4.42 Å². The van der Waals surface area contributed by atoms with Crippen LogP contribution < -0.4 is 0 Å². The zero-order chi connectivity index (χ0) is 80.7. The lowest BCUT2D eigenvalue weighted by Gasteiger charge is -2.16. The van der Waals surface area contributed by atoms with Gasteiger partial charge in [-0.05, 0) is 202 Å². The van der Waals surface area contributed by atoms with Gasteiger partial charge in [-0.15, -0.1) is 22.7 Å². The number of furan rings is 1. The predicted molar refractivity (Wildman–Crippen MR) is 525 cm³/mol. The van der Waals surface area contributed by atoms with Crippen molar-refractivity contribution in [1.29, 1.82) is 0 Å². The van der Waals surface area contributed by atoms with Crippen LogP contribution in [0.25, 0.3) is 277 Å². The van der Waals surface area contributed by atoms with Gasteiger partial charge in [0.15, 0.2) is 5.82 Å². The lowest BCUT2D eigenvalue weighted by Crippen LogP contribution is -2.03. The maximum Gasteiger partial charge on any atom is 0.165 e. The lowest BCUT2D eigenvalue weighted by atomic mass is 9.91. The third-order valence-corrected chi connectivity index (χ3v) is 28.9. The zero-order valence-corrected chi connectivity index (χ0v) is 68.1. The zero-order valence-electron chi connectivity index (χ0n) is 66.5. The molecule has 0 radical (unpaired) electrons. The average molecular weight is 1610 g/mol. The minimum absolute atomic E-state index is 0.826. The second kappa shape index (κ2) is 25.8. The minimum Gasteiger partial charge on any atom is -0.456 e. The standard InChI is InChI=1S/C42H23N3O.C40H23NS.C34H19NS/c1-2-10-25(11-3-1)41-42(44-33-17-6-5-16-32(33)43-41)45-34-18-9-15-28-30-23-37-31(26-13-4-7-19-36(26)46-37)22-29(30)27-14-8-12-24-20-21-35(45)40(38(24)27)39(28)34;1-2-10-24(11-3-1)26-13-8-14-27(22-26)41-32-21-20-25-12-9-18-29-28-15-4-5-16-30(28)38-37-31-17-6-7-19-34(31)42-35(37)23-33(41)40(38)39(32)36(25)29;1-2-10-21(11-3-1)35-26-18-17-20-9-8-15-23-22-12-4-5-13-24(22)32-31-25-14-6-7-16-28(25)36-29(31)19-27(35)34(32)33(26)30(20)23/h1-23H;1-23H;1-19H. The van der Waals surface area contributed by atoms with E-state index in [1.165, 1.54) is 216 Å². The van der Waals surface area contributed by atoms with Crippen LogP contribution in [0.5, 0.6) is 0 Å². The van der Waals surface area contributed by atoms with Crippen molar-refractivity contribution in [3.05, 3.63) is 394 Å². The third-order valence-electron chi connectivity index (χ3n) is 26.7. The quantitative estimate of drug-likeness (QED) is 0.173. The first-order chi connectivity index (χ1) is 61.5. The van der Waals surface area contributed by atoms with Gasteiger partial charge in [-0.3, -0.25) is 4.57 Å². The molecular formula is C116H65N5OS2. The molecule has 7 heterocycles. The van der Waals surface area contributed by atoms with Gasteiger partial charge in [0.05, 0.1) is 44.1 Å². The molecular weight excluding hydrogens is 1540 g/mol. The van der Waals surface area contributed by atoms with Crippen molar-refractivity contribution in [1.82, 2.24) is 23.7 Å². The average Bonchev–Trinajstić information content (AvgIpc) is 1.56. The fraction of sp³-hybridized carbons (Fsp3) is 0. The van der Waals surface area contributed by atoms with Gasteiger partial charge in [0, 0.05) is 111 Å². The number of benzene rings is 20. The Morgan fingerprint density at radius 3 is 1.23 bits per heavy atom. The Balaban J connectivity index is 0.0000000958. The van der Waals surface area contributed by atoms with Crippen molar-refractivity contribution in [3.63, 3.8) is 0 Å². The minimum atomic E-state index is 0.826. The molecule has 0 amide bonds. The van der Waals surface area contributed by atoms with E-state index in [-0.39, 0.29) is 0 Å². The van der Waals surface area contributed by atoms with Crippen LogP contribution in [0, 0.1) is 0 Å². The second-order valence-electron chi connectivity index (χ2n) is 33.1. The van der Waals surface area contributed by atoms with Crippen molar-refractivity contribution in [2.24, 2.45) is 0 Å². The van der Waals surface area contributed by atoms with Crippen LogP contribution in [0.1, 0.15) is 0 Å². The number of aromatic nitrogens is 5. The van der Waals surface area contributed by atoms with E-state index in [0.717, 1.165) is 61.1 Å². The Labute approximate surface area is 717 Å². The van der Waals surface area contributed by atoms with Crippen LogP contribution in [0.4, 0.5) is 0 Å². The summed E-state index contributed by atoms with van der Waals surface area (Å²) in [7, 11) is 0. The van der Waals surface area contributed by atoms with Gasteiger partial charge in [-0.1, -0.05) is 291 Å². The second-order valence-corrected chi connectivity index (χ2v) is 35.3. The molecule has 0 atom stereocenters. The number of hydrogen-bond donors (Lipinski definition) is 0. The Bertz CT molecular complexity index is 9390. The number of hydrogen-bond acceptors (Lipinski definition) is 5. The molecule has 7 aromatic heterocycles. The molecule has 0 fully saturated rings. The smallest absolute Gasteiger partial charge is 0.165 e. The van der Waals surface area contributed by atoms with E-state index in [1.807, 2.05) is 59.1 Å². The summed E-state index contributed by atoms with van der Waals surface area (Å²) in [4.78, 5) is 10.6. The molecule has 3 aliphatic carbocycles. The highest BCUT2D eigenvalue weighted by Crippen LogP contribution is 2.59. The van der Waals surface area contributed by atoms with E-state index >= 15 is 0 Å². The molecule has 0 bridgehead atoms. The Kier molecular flexibility index (Phi) is 14.2. The molecule has 30 rings (SSSR count). The van der Waals surface area contributed by atoms with Crippen LogP contribution in [0.2, 0.25) is 0 Å². The summed E-state index contributed by atoms with van der Waals surface area (Å²) in [5.41, 5.74) is 33.1. The molecule has 124 heavy (non-hydrogen) atoms. The summed E-state index contributed by atoms with van der Waals surface area (Å²) < 4.78 is 19.1. The van der Waals surface area contributed by atoms with Crippen LogP contribution in [-0.2, 0) is 0 Å². The van der Waals surface area contributed by atoms with Crippen molar-refractivity contribution >= 4 is 194 Å². The lowest BCUT2D eigenvalue weighted by molar-refractivity contribution is 0.669. The summed E-state index contributed by atoms with van der Waals surface area (Å²) in [6.07, 6.45) is 0. The molecule has 3 aliphatic rings. The molecule has 0 unspecified atom stereocenters. The summed E-state index contributed by atoms with van der Waals surface area (Å²) in [5.74, 6) is 0.826. The summed E-state index contributed by atoms with van der Waals surface area (Å²) in [5, 5.41) is 23.4. The van der Waals surface area contributed by atoms with Gasteiger partial charge in [0.1, 0.15) is 16.9 Å². The molecule has 8 heteroatoms. The highest BCUT2D eigenvalue weighted by molar-refractivity contribution is 7.26. The number of fused-ring (bicyclic) bond motifs is 21. The van der Waals surface area contributed by atoms with Crippen LogP contribution in [0.15, 0.2) is 399 Å². The molecule has 6 nitrogen and oxygen atoms in total. The number of para-hydroxylation sites is 4. The Hall–Kier alpha value is -15.8. The predicted octanol–water partition coefficient (Wildman–Crippen LogP) is 32.7. The van der Waals surface area contributed by atoms with Crippen LogP contribution in [0.3, 0.4) is 0 Å². The topological polar surface area (TPSA) is 53.7 Å². The molecule has 572 valence electrons. The molecule has 0 spiro atoms. The van der Waals surface area contributed by atoms with Gasteiger partial charge in [-0.2, -0.15) is 0 Å². The van der Waals surface area contributed by atoms with Gasteiger partial charge in [0.25, 0.3) is 0 Å². The van der Waals surface area contributed by atoms with E-state index < -0.39 is 0 Å². The fourth-order valence-corrected chi connectivity index (χ4v) is 24.0. The maximum atomic E-state index is 6.44. The summed E-state index contributed by atoms with van der Waals surface area (Å²) in [6.45, 7) is 0. The van der Waals surface area contributed by atoms with Gasteiger partial charge < -0.3 is 13.6 Å². The highest BCUT2D eigenvalue weighted by atomic mass is 32.1. The van der Waals surface area contributed by atoms with Gasteiger partial charge >= 0.3 is 0 Å². The molecule has 0 saturated heterocycles. The summed E-state index contributed by atoms with van der Waals surface area (Å²) >= 11 is 3.81. The highest BCUT2D eigenvalue weighted by Gasteiger charge is 2.33. The van der Waals surface area contributed by atoms with E-state index in [9.17, 15) is 0 Å². The van der Waals surface area contributed by atoms with E-state index in [1.54, 1.807) is 0 Å². The largest absolute Gasteiger partial charge is 0.456 e. The fourth-order valence-electron chi connectivity index (χ4n) is 21.7. The first-order valence-electron chi connectivity index (χ1n) is 42.4. The van der Waals surface area contributed by atoms with Crippen LogP contribution in [-0.4, -0.2) is 23.7 Å². The normalized spacial score (nSPS) is 12.4. The summed E-state index contributed by atoms with van der Waals surface area (Å²) in [6, 6.07) is 143. The Morgan fingerprint density at radius 1 is 0.210 bits per heavy atom. The number of thiophene rings is 2. The van der Waals surface area contributed by atoms with Crippen LogP contribution >= 0.6 is 22.7 Å². The SMILES string of the molecule is c1ccc(-c2cccc(-n3c4cc5sc6ccccc6c5c5c4c4c6c(cccc6ccc43)-c3ccccc3-5)c2)cc1.c1ccc(-c2nc3ccccc3nc2-n2c3cccc4c3c3c5c(cccc5ccc32)-c2cc3c(cc2-4)oc2ccccc23)cc1.c1ccc(-n2c3cc4sc5ccccc5c4c4c3c3c5c(cccc5ccc32)-c2ccccc2-4)cc1. The molecule has 20 aromatic carbocycles. The van der Waals surface area contributed by atoms with Gasteiger partial charge in [-0.25, -0.2) is 9.97 Å². The van der Waals surface area contributed by atoms with E-state index in [2.05, 4.69) is 372 Å². The van der Waals surface area contributed by atoms with E-state index in [4.69, 9.17) is 14.4 Å². The third kappa shape index (κ3) is 9.52. The molecule has 27 aromatic rings. The van der Waals surface area contributed by atoms with Gasteiger partial charge in [0.2, 0.25) is 0 Å². The first-order valence-corrected chi connectivity index (χ1v) is 44.0. The van der Waals surface area contributed by atoms with Crippen molar-refractivity contribution in [3.8, 4) is 106 Å².